The Labute approximate surface area is 171 Å². The van der Waals surface area contributed by atoms with Crippen molar-refractivity contribution in [2.24, 2.45) is 5.92 Å². The van der Waals surface area contributed by atoms with Crippen LogP contribution in [-0.4, -0.2) is 41.8 Å². The first-order valence-electron chi connectivity index (χ1n) is 10.4. The van der Waals surface area contributed by atoms with Gasteiger partial charge in [0.2, 0.25) is 0 Å². The van der Waals surface area contributed by atoms with Crippen molar-refractivity contribution in [2.75, 3.05) is 19.7 Å². The van der Waals surface area contributed by atoms with Crippen molar-refractivity contribution in [2.45, 2.75) is 38.0 Å². The van der Waals surface area contributed by atoms with Crippen molar-refractivity contribution in [3.63, 3.8) is 0 Å². The first kappa shape index (κ1) is 19.5. The number of hydrogen-bond acceptors (Lipinski definition) is 3. The number of aliphatic carboxylic acids is 1. The predicted molar refractivity (Wildman–Crippen MR) is 111 cm³/mol. The molecule has 0 radical (unpaired) electrons. The first-order chi connectivity index (χ1) is 14.1. The molecule has 1 aliphatic carbocycles. The molecule has 0 unspecified atom stereocenters. The van der Waals surface area contributed by atoms with Crippen LogP contribution in [0.4, 0.5) is 4.79 Å². The fourth-order valence-electron chi connectivity index (χ4n) is 4.63. The molecular formula is C24H27NO4. The van der Waals surface area contributed by atoms with Crippen LogP contribution in [0.3, 0.4) is 0 Å². The number of amides is 1. The molecule has 29 heavy (non-hydrogen) atoms. The number of rotatable bonds is 6. The van der Waals surface area contributed by atoms with Gasteiger partial charge in [-0.3, -0.25) is 4.79 Å². The molecule has 1 amide bonds. The summed E-state index contributed by atoms with van der Waals surface area (Å²) in [6, 6.07) is 16.7. The van der Waals surface area contributed by atoms with E-state index in [1.165, 1.54) is 22.3 Å². The summed E-state index contributed by atoms with van der Waals surface area (Å²) in [7, 11) is 0. The molecule has 1 N–H and O–H groups in total. The van der Waals surface area contributed by atoms with Gasteiger partial charge in [-0.05, 0) is 53.9 Å². The Morgan fingerprint density at radius 2 is 1.55 bits per heavy atom. The number of hydrogen-bond donors (Lipinski definition) is 1. The number of nitrogens with zero attached hydrogens (tertiary/aromatic N) is 1. The third kappa shape index (κ3) is 4.29. The molecule has 0 aromatic heterocycles. The van der Waals surface area contributed by atoms with Gasteiger partial charge in [-0.2, -0.15) is 0 Å². The minimum absolute atomic E-state index is 0.0832. The fraction of sp³-hybridized carbons (Fsp3) is 0.417. The maximum Gasteiger partial charge on any atom is 0.409 e. The van der Waals surface area contributed by atoms with Gasteiger partial charge < -0.3 is 14.7 Å². The Morgan fingerprint density at radius 3 is 2.14 bits per heavy atom. The molecule has 5 nitrogen and oxygen atoms in total. The summed E-state index contributed by atoms with van der Waals surface area (Å²) in [6.45, 7) is 1.73. The monoisotopic (exact) mass is 393 g/mol. The highest BCUT2D eigenvalue weighted by Crippen LogP contribution is 2.44. The van der Waals surface area contributed by atoms with Crippen molar-refractivity contribution >= 4 is 12.1 Å². The molecule has 4 rings (SSSR count). The van der Waals surface area contributed by atoms with Crippen LogP contribution in [0, 0.1) is 5.92 Å². The average molecular weight is 393 g/mol. The molecule has 2 aromatic carbocycles. The van der Waals surface area contributed by atoms with Gasteiger partial charge in [-0.25, -0.2) is 4.79 Å². The molecule has 1 fully saturated rings. The van der Waals surface area contributed by atoms with E-state index in [1.807, 2.05) is 24.3 Å². The van der Waals surface area contributed by atoms with Crippen molar-refractivity contribution in [3.05, 3.63) is 59.7 Å². The number of likely N-dealkylation sites (tertiary alicyclic amines) is 1. The Kier molecular flexibility index (Phi) is 5.84. The van der Waals surface area contributed by atoms with Gasteiger partial charge in [0.25, 0.3) is 0 Å². The second-order valence-corrected chi connectivity index (χ2v) is 8.02. The van der Waals surface area contributed by atoms with Crippen molar-refractivity contribution < 1.29 is 19.4 Å². The molecule has 1 saturated heterocycles. The zero-order valence-electron chi connectivity index (χ0n) is 16.5. The van der Waals surface area contributed by atoms with Crippen LogP contribution in [0.2, 0.25) is 0 Å². The number of carboxylic acid groups (broad SMARTS) is 1. The lowest BCUT2D eigenvalue weighted by Gasteiger charge is -2.31. The van der Waals surface area contributed by atoms with Gasteiger partial charge in [-0.15, -0.1) is 0 Å². The van der Waals surface area contributed by atoms with Crippen LogP contribution in [0.15, 0.2) is 48.5 Å². The van der Waals surface area contributed by atoms with Crippen molar-refractivity contribution in [1.29, 1.82) is 0 Å². The summed E-state index contributed by atoms with van der Waals surface area (Å²) in [5, 5.41) is 8.76. The second-order valence-electron chi connectivity index (χ2n) is 8.02. The number of carbonyl (C=O) groups excluding carboxylic acids is 1. The van der Waals surface area contributed by atoms with Crippen LogP contribution in [0.1, 0.15) is 49.1 Å². The lowest BCUT2D eigenvalue weighted by atomic mass is 9.92. The number of carboxylic acids is 1. The molecule has 1 aliphatic heterocycles. The zero-order chi connectivity index (χ0) is 20.2. The summed E-state index contributed by atoms with van der Waals surface area (Å²) < 4.78 is 5.74. The van der Waals surface area contributed by atoms with E-state index in [2.05, 4.69) is 24.3 Å². The number of piperidine rings is 1. The van der Waals surface area contributed by atoms with Crippen LogP contribution >= 0.6 is 0 Å². The van der Waals surface area contributed by atoms with Gasteiger partial charge >= 0.3 is 12.1 Å². The summed E-state index contributed by atoms with van der Waals surface area (Å²) in [5.41, 5.74) is 4.90. The third-order valence-corrected chi connectivity index (χ3v) is 6.21. The molecular weight excluding hydrogens is 366 g/mol. The molecule has 0 saturated carbocycles. The Hall–Kier alpha value is -2.82. The van der Waals surface area contributed by atoms with Crippen LogP contribution < -0.4 is 0 Å². The van der Waals surface area contributed by atoms with Gasteiger partial charge in [-0.1, -0.05) is 48.5 Å². The lowest BCUT2D eigenvalue weighted by Crippen LogP contribution is -2.39. The third-order valence-electron chi connectivity index (χ3n) is 6.21. The van der Waals surface area contributed by atoms with Crippen LogP contribution in [0.5, 0.6) is 0 Å². The highest BCUT2D eigenvalue weighted by atomic mass is 16.6. The average Bonchev–Trinajstić information content (AvgIpc) is 3.06. The predicted octanol–water partition coefficient (Wildman–Crippen LogP) is 4.90. The maximum absolute atomic E-state index is 12.6. The van der Waals surface area contributed by atoms with E-state index in [1.54, 1.807) is 4.90 Å². The summed E-state index contributed by atoms with van der Waals surface area (Å²) in [4.78, 5) is 25.1. The van der Waals surface area contributed by atoms with Crippen LogP contribution in [0.25, 0.3) is 11.1 Å². The highest BCUT2D eigenvalue weighted by molar-refractivity contribution is 5.79. The molecule has 2 aliphatic rings. The Bertz CT molecular complexity index is 840. The van der Waals surface area contributed by atoms with E-state index >= 15 is 0 Å². The molecule has 1 heterocycles. The molecule has 2 aromatic rings. The fourth-order valence-corrected chi connectivity index (χ4v) is 4.63. The smallest absolute Gasteiger partial charge is 0.409 e. The van der Waals surface area contributed by atoms with E-state index in [-0.39, 0.29) is 18.4 Å². The normalized spacial score (nSPS) is 16.3. The van der Waals surface area contributed by atoms with E-state index < -0.39 is 5.97 Å². The number of ether oxygens (including phenoxy) is 1. The molecule has 5 heteroatoms. The van der Waals surface area contributed by atoms with E-state index in [0.717, 1.165) is 19.3 Å². The van der Waals surface area contributed by atoms with E-state index in [0.29, 0.717) is 32.0 Å². The van der Waals surface area contributed by atoms with Gasteiger partial charge in [0.1, 0.15) is 6.61 Å². The SMILES string of the molecule is O=C(O)CCCC1CCN(C(=O)OCC2c3ccccc3-c3ccccc32)CC1. The Morgan fingerprint density at radius 1 is 0.966 bits per heavy atom. The summed E-state index contributed by atoms with van der Waals surface area (Å²) >= 11 is 0. The van der Waals surface area contributed by atoms with E-state index in [9.17, 15) is 9.59 Å². The molecule has 152 valence electrons. The summed E-state index contributed by atoms with van der Waals surface area (Å²) in [6.07, 6.45) is 3.46. The zero-order valence-corrected chi connectivity index (χ0v) is 16.5. The molecule has 0 bridgehead atoms. The topological polar surface area (TPSA) is 66.8 Å². The molecule has 0 atom stereocenters. The molecule has 0 spiro atoms. The number of benzene rings is 2. The Balaban J connectivity index is 1.31. The number of fused-ring (bicyclic) bond motifs is 3. The van der Waals surface area contributed by atoms with E-state index in [4.69, 9.17) is 9.84 Å². The minimum Gasteiger partial charge on any atom is -0.481 e. The largest absolute Gasteiger partial charge is 0.481 e. The maximum atomic E-state index is 12.6. The minimum atomic E-state index is -0.735. The number of carbonyl (C=O) groups is 2. The highest BCUT2D eigenvalue weighted by Gasteiger charge is 2.30. The summed E-state index contributed by atoms with van der Waals surface area (Å²) in [5.74, 6) is -0.145. The van der Waals surface area contributed by atoms with Crippen molar-refractivity contribution in [1.82, 2.24) is 4.90 Å². The van der Waals surface area contributed by atoms with Crippen molar-refractivity contribution in [3.8, 4) is 11.1 Å². The second kappa shape index (κ2) is 8.68. The van der Waals surface area contributed by atoms with Gasteiger partial charge in [0, 0.05) is 25.4 Å². The van der Waals surface area contributed by atoms with Gasteiger partial charge in [0.15, 0.2) is 0 Å². The quantitative estimate of drug-likeness (QED) is 0.758. The van der Waals surface area contributed by atoms with Gasteiger partial charge in [0.05, 0.1) is 0 Å². The lowest BCUT2D eigenvalue weighted by molar-refractivity contribution is -0.137. The standard InChI is InChI=1S/C24H27NO4/c26-23(27)11-5-6-17-12-14-25(15-13-17)24(28)29-16-22-20-9-3-1-7-18(20)19-8-2-4-10-21(19)22/h1-4,7-10,17,22H,5-6,11-16H2,(H,26,27). The van der Waals surface area contributed by atoms with Crippen LogP contribution in [-0.2, 0) is 9.53 Å². The first-order valence-corrected chi connectivity index (χ1v) is 10.4.